The molecule has 1 fully saturated rings. The van der Waals surface area contributed by atoms with E-state index in [4.69, 9.17) is 0 Å². The third-order valence-electron chi connectivity index (χ3n) is 5.71. The van der Waals surface area contributed by atoms with Crippen molar-refractivity contribution in [2.75, 3.05) is 6.54 Å². The number of aromatic nitrogens is 3. The van der Waals surface area contributed by atoms with Gasteiger partial charge in [-0.15, -0.1) is 10.2 Å². The second-order valence-corrected chi connectivity index (χ2v) is 7.52. The second kappa shape index (κ2) is 8.02. The van der Waals surface area contributed by atoms with Crippen LogP contribution in [0.3, 0.4) is 0 Å². The van der Waals surface area contributed by atoms with Crippen LogP contribution >= 0.6 is 0 Å². The topological polar surface area (TPSA) is 51.0 Å². The van der Waals surface area contributed by atoms with Crippen molar-refractivity contribution in [1.82, 2.24) is 19.7 Å². The van der Waals surface area contributed by atoms with E-state index in [2.05, 4.69) is 43.9 Å². The van der Waals surface area contributed by atoms with Gasteiger partial charge in [-0.25, -0.2) is 0 Å². The van der Waals surface area contributed by atoms with Crippen molar-refractivity contribution in [3.05, 3.63) is 47.5 Å². The summed E-state index contributed by atoms with van der Waals surface area (Å²) in [6.07, 6.45) is 9.24. The molecular formula is C21H28N4O. The fourth-order valence-electron chi connectivity index (χ4n) is 4.32. The van der Waals surface area contributed by atoms with Crippen molar-refractivity contribution in [3.8, 4) is 0 Å². The number of hydrogen-bond acceptors (Lipinski definition) is 3. The quantitative estimate of drug-likeness (QED) is 0.824. The molecule has 2 aromatic rings. The number of benzene rings is 1. The van der Waals surface area contributed by atoms with Crippen molar-refractivity contribution in [1.29, 1.82) is 0 Å². The number of likely N-dealkylation sites (tertiary alicyclic amines) is 1. The van der Waals surface area contributed by atoms with E-state index in [0.717, 1.165) is 56.8 Å². The Balaban J connectivity index is 1.40. The van der Waals surface area contributed by atoms with Gasteiger partial charge in [0, 0.05) is 25.9 Å². The van der Waals surface area contributed by atoms with Gasteiger partial charge in [-0.2, -0.15) is 0 Å². The highest BCUT2D eigenvalue weighted by Gasteiger charge is 2.34. The zero-order valence-electron chi connectivity index (χ0n) is 15.4. The molecule has 0 spiro atoms. The molecule has 138 valence electrons. The lowest BCUT2D eigenvalue weighted by molar-refractivity contribution is -0.132. The molecule has 4 rings (SSSR count). The minimum absolute atomic E-state index is 0.124. The summed E-state index contributed by atoms with van der Waals surface area (Å²) in [4.78, 5) is 14.9. The molecular weight excluding hydrogens is 324 g/mol. The summed E-state index contributed by atoms with van der Waals surface area (Å²) >= 11 is 0. The summed E-state index contributed by atoms with van der Waals surface area (Å²) in [6, 6.07) is 10.5. The standard InChI is InChI=1S/C21H28N4O/c26-20(14-7-11-17-9-3-1-4-10-17)24-16-8-12-18(24)21-23-22-19-13-5-2-6-15-25(19)21/h1,3-4,9-10,18H,2,5-8,11-16H2. The summed E-state index contributed by atoms with van der Waals surface area (Å²) in [5.74, 6) is 2.41. The molecule has 1 aromatic carbocycles. The van der Waals surface area contributed by atoms with Gasteiger partial charge in [-0.3, -0.25) is 4.79 Å². The molecule has 0 saturated carbocycles. The Morgan fingerprint density at radius 3 is 2.81 bits per heavy atom. The Hall–Kier alpha value is -2.17. The average molecular weight is 352 g/mol. The third-order valence-corrected chi connectivity index (χ3v) is 5.71. The van der Waals surface area contributed by atoms with Gasteiger partial charge < -0.3 is 9.47 Å². The lowest BCUT2D eigenvalue weighted by Gasteiger charge is -2.24. The van der Waals surface area contributed by atoms with E-state index in [-0.39, 0.29) is 11.9 Å². The van der Waals surface area contributed by atoms with Crippen LogP contribution in [0.1, 0.15) is 68.2 Å². The summed E-state index contributed by atoms with van der Waals surface area (Å²) in [6.45, 7) is 1.86. The van der Waals surface area contributed by atoms with E-state index in [1.165, 1.54) is 24.8 Å². The van der Waals surface area contributed by atoms with Gasteiger partial charge in [0.25, 0.3) is 0 Å². The molecule has 0 bridgehead atoms. The maximum absolute atomic E-state index is 12.8. The van der Waals surface area contributed by atoms with Crippen molar-refractivity contribution in [2.24, 2.45) is 0 Å². The molecule has 2 aliphatic rings. The van der Waals surface area contributed by atoms with E-state index < -0.39 is 0 Å². The molecule has 2 aliphatic heterocycles. The van der Waals surface area contributed by atoms with Crippen molar-refractivity contribution in [3.63, 3.8) is 0 Å². The van der Waals surface area contributed by atoms with E-state index in [1.807, 2.05) is 6.07 Å². The molecule has 26 heavy (non-hydrogen) atoms. The normalized spacial score (nSPS) is 20.0. The largest absolute Gasteiger partial charge is 0.332 e. The highest BCUT2D eigenvalue weighted by Crippen LogP contribution is 2.33. The lowest BCUT2D eigenvalue weighted by atomic mass is 10.1. The molecule has 1 unspecified atom stereocenters. The molecule has 3 heterocycles. The van der Waals surface area contributed by atoms with Crippen LogP contribution in [0.5, 0.6) is 0 Å². The molecule has 5 nitrogen and oxygen atoms in total. The highest BCUT2D eigenvalue weighted by atomic mass is 16.2. The summed E-state index contributed by atoms with van der Waals surface area (Å²) in [5, 5.41) is 8.93. The molecule has 0 radical (unpaired) electrons. The molecule has 1 aromatic heterocycles. The summed E-state index contributed by atoms with van der Waals surface area (Å²) in [5.41, 5.74) is 1.31. The number of carbonyl (C=O) groups is 1. The summed E-state index contributed by atoms with van der Waals surface area (Å²) in [7, 11) is 0. The predicted molar refractivity (Wildman–Crippen MR) is 101 cm³/mol. The fourth-order valence-corrected chi connectivity index (χ4v) is 4.32. The number of fused-ring (bicyclic) bond motifs is 1. The van der Waals surface area contributed by atoms with Crippen molar-refractivity contribution >= 4 is 5.91 Å². The van der Waals surface area contributed by atoms with E-state index in [0.29, 0.717) is 6.42 Å². The number of rotatable bonds is 5. The van der Waals surface area contributed by atoms with Crippen LogP contribution in [0.15, 0.2) is 30.3 Å². The molecule has 1 amide bonds. The van der Waals surface area contributed by atoms with Gasteiger partial charge in [0.05, 0.1) is 6.04 Å². The average Bonchev–Trinajstić information content (AvgIpc) is 3.23. The van der Waals surface area contributed by atoms with Gasteiger partial charge in [-0.05, 0) is 44.1 Å². The van der Waals surface area contributed by atoms with Crippen LogP contribution in [0.25, 0.3) is 0 Å². The first kappa shape index (κ1) is 17.3. The molecule has 1 saturated heterocycles. The third kappa shape index (κ3) is 3.67. The number of amides is 1. The summed E-state index contributed by atoms with van der Waals surface area (Å²) < 4.78 is 2.30. The Kier molecular flexibility index (Phi) is 5.32. The van der Waals surface area contributed by atoms with Gasteiger partial charge >= 0.3 is 0 Å². The van der Waals surface area contributed by atoms with E-state index in [9.17, 15) is 4.79 Å². The number of carbonyl (C=O) groups excluding carboxylic acids is 1. The van der Waals surface area contributed by atoms with Gasteiger partial charge in [0.1, 0.15) is 5.82 Å². The SMILES string of the molecule is O=C(CCCc1ccccc1)N1CCCC1c1nnc2n1CCCCC2. The van der Waals surface area contributed by atoms with Gasteiger partial charge in [0.2, 0.25) is 5.91 Å². The van der Waals surface area contributed by atoms with Crippen LogP contribution in [0.2, 0.25) is 0 Å². The van der Waals surface area contributed by atoms with Crippen molar-refractivity contribution < 1.29 is 4.79 Å². The maximum atomic E-state index is 12.8. The maximum Gasteiger partial charge on any atom is 0.223 e. The van der Waals surface area contributed by atoms with E-state index in [1.54, 1.807) is 0 Å². The smallest absolute Gasteiger partial charge is 0.223 e. The van der Waals surface area contributed by atoms with E-state index >= 15 is 0 Å². The minimum Gasteiger partial charge on any atom is -0.332 e. The van der Waals surface area contributed by atoms with Crippen LogP contribution in [0, 0.1) is 0 Å². The number of nitrogens with zero attached hydrogens (tertiary/aromatic N) is 4. The van der Waals surface area contributed by atoms with Crippen LogP contribution < -0.4 is 0 Å². The first-order chi connectivity index (χ1) is 12.8. The molecule has 1 atom stereocenters. The Morgan fingerprint density at radius 1 is 1.04 bits per heavy atom. The molecule has 0 N–H and O–H groups in total. The van der Waals surface area contributed by atoms with Gasteiger partial charge in [0.15, 0.2) is 5.82 Å². The number of hydrogen-bond donors (Lipinski definition) is 0. The highest BCUT2D eigenvalue weighted by molar-refractivity contribution is 5.76. The fraction of sp³-hybridized carbons (Fsp3) is 0.571. The lowest BCUT2D eigenvalue weighted by Crippen LogP contribution is -2.32. The first-order valence-corrected chi connectivity index (χ1v) is 10.1. The minimum atomic E-state index is 0.124. The zero-order chi connectivity index (χ0) is 17.8. The Morgan fingerprint density at radius 2 is 1.92 bits per heavy atom. The Bertz CT molecular complexity index is 740. The van der Waals surface area contributed by atoms with Crippen LogP contribution in [-0.2, 0) is 24.2 Å². The monoisotopic (exact) mass is 352 g/mol. The molecule has 0 aliphatic carbocycles. The van der Waals surface area contributed by atoms with Crippen LogP contribution in [0.4, 0.5) is 0 Å². The molecule has 5 heteroatoms. The Labute approximate surface area is 155 Å². The van der Waals surface area contributed by atoms with Crippen LogP contribution in [-0.4, -0.2) is 32.1 Å². The van der Waals surface area contributed by atoms with Crippen molar-refractivity contribution in [2.45, 2.75) is 70.4 Å². The number of aryl methyl sites for hydroxylation is 2. The zero-order valence-corrected chi connectivity index (χ0v) is 15.4. The second-order valence-electron chi connectivity index (χ2n) is 7.52. The predicted octanol–water partition coefficient (Wildman–Crippen LogP) is 3.69. The van der Waals surface area contributed by atoms with Gasteiger partial charge in [-0.1, -0.05) is 36.8 Å². The first-order valence-electron chi connectivity index (χ1n) is 10.1.